The number of halogens is 2. The van der Waals surface area contributed by atoms with Gasteiger partial charge in [0, 0.05) is 35.1 Å². The summed E-state index contributed by atoms with van der Waals surface area (Å²) in [6.07, 6.45) is -0.453. The molecule has 2 aromatic carbocycles. The van der Waals surface area contributed by atoms with E-state index in [9.17, 15) is 19.5 Å². The maximum atomic E-state index is 13.3. The molecule has 0 spiro atoms. The van der Waals surface area contributed by atoms with Crippen LogP contribution in [0.4, 0.5) is 0 Å². The molecule has 188 valence electrons. The number of carbonyl (C=O) groups is 3. The summed E-state index contributed by atoms with van der Waals surface area (Å²) < 4.78 is 16.2. The first-order valence-corrected chi connectivity index (χ1v) is 11.7. The molecule has 0 radical (unpaired) electrons. The Balaban J connectivity index is 2.02. The molecule has 3 atom stereocenters. The van der Waals surface area contributed by atoms with E-state index < -0.39 is 30.1 Å². The molecule has 10 heteroatoms. The van der Waals surface area contributed by atoms with Gasteiger partial charge in [-0.1, -0.05) is 23.2 Å². The number of hydrogen-bond acceptors (Lipinski definition) is 8. The van der Waals surface area contributed by atoms with E-state index in [1.165, 1.54) is 45.4 Å². The molecule has 3 rings (SSSR count). The molecule has 1 fully saturated rings. The standard InChI is InChI=1S/C25H27Cl2NO7/c1-12(35-13(2)29)24-16(7-8-28-24)22-20(33-3)11-21(34-4)23(25(22)32)19(31)10-18(30)15-6-5-14(26)9-17(15)27/h5-6,9,11-12,16,24,28,32H,7-8,10H2,1-4H3. The number of methoxy groups -OCH3 is 2. The molecule has 35 heavy (non-hydrogen) atoms. The topological polar surface area (TPSA) is 111 Å². The lowest BCUT2D eigenvalue weighted by Gasteiger charge is -2.28. The molecule has 0 amide bonds. The molecular formula is C25H27Cl2NO7. The zero-order valence-corrected chi connectivity index (χ0v) is 21.3. The minimum Gasteiger partial charge on any atom is -0.507 e. The Labute approximate surface area is 213 Å². The van der Waals surface area contributed by atoms with Crippen LogP contribution in [-0.2, 0) is 9.53 Å². The van der Waals surface area contributed by atoms with Gasteiger partial charge in [0.15, 0.2) is 11.6 Å². The van der Waals surface area contributed by atoms with Gasteiger partial charge in [0.25, 0.3) is 0 Å². The summed E-state index contributed by atoms with van der Waals surface area (Å²) in [6.45, 7) is 3.68. The number of ketones is 2. The lowest BCUT2D eigenvalue weighted by molar-refractivity contribution is -0.146. The molecule has 1 aliphatic heterocycles. The zero-order chi connectivity index (χ0) is 25.9. The summed E-state index contributed by atoms with van der Waals surface area (Å²) in [5.74, 6) is -1.89. The summed E-state index contributed by atoms with van der Waals surface area (Å²) in [5, 5.41) is 15.1. The molecule has 2 aromatic rings. The highest BCUT2D eigenvalue weighted by Gasteiger charge is 2.39. The summed E-state index contributed by atoms with van der Waals surface area (Å²) in [5.41, 5.74) is 0.391. The van der Waals surface area contributed by atoms with E-state index in [0.29, 0.717) is 29.3 Å². The first-order chi connectivity index (χ1) is 16.6. The van der Waals surface area contributed by atoms with Gasteiger partial charge in [-0.15, -0.1) is 0 Å². The van der Waals surface area contributed by atoms with E-state index in [0.717, 1.165) is 0 Å². The van der Waals surface area contributed by atoms with Crippen LogP contribution in [0.5, 0.6) is 17.2 Å². The second kappa shape index (κ2) is 11.3. The van der Waals surface area contributed by atoms with Crippen molar-refractivity contribution in [2.75, 3.05) is 20.8 Å². The molecule has 0 bridgehead atoms. The SMILES string of the molecule is COc1cc(OC)c(C2CCNC2C(C)OC(C)=O)c(O)c1C(=O)CC(=O)c1ccc(Cl)cc1Cl. The fourth-order valence-corrected chi connectivity index (χ4v) is 5.03. The molecule has 1 heterocycles. The molecule has 1 aliphatic rings. The van der Waals surface area contributed by atoms with Crippen LogP contribution in [0.2, 0.25) is 10.0 Å². The third-order valence-corrected chi connectivity index (χ3v) is 6.58. The minimum atomic E-state index is -0.644. The van der Waals surface area contributed by atoms with Gasteiger partial charge in [0.2, 0.25) is 0 Å². The van der Waals surface area contributed by atoms with Crippen molar-refractivity contribution in [2.45, 2.75) is 44.8 Å². The van der Waals surface area contributed by atoms with E-state index in [-0.39, 0.29) is 39.6 Å². The Hall–Kier alpha value is -2.81. The molecular weight excluding hydrogens is 497 g/mol. The summed E-state index contributed by atoms with van der Waals surface area (Å²) in [6, 6.07) is 5.55. The quantitative estimate of drug-likeness (QED) is 0.279. The molecule has 0 saturated carbocycles. The van der Waals surface area contributed by atoms with Crippen LogP contribution in [0.25, 0.3) is 0 Å². The second-order valence-corrected chi connectivity index (χ2v) is 9.10. The van der Waals surface area contributed by atoms with Crippen molar-refractivity contribution in [1.82, 2.24) is 5.32 Å². The van der Waals surface area contributed by atoms with Crippen molar-refractivity contribution in [2.24, 2.45) is 0 Å². The van der Waals surface area contributed by atoms with E-state index in [1.807, 2.05) is 0 Å². The molecule has 3 unspecified atom stereocenters. The monoisotopic (exact) mass is 523 g/mol. The van der Waals surface area contributed by atoms with Gasteiger partial charge in [-0.25, -0.2) is 0 Å². The third-order valence-electron chi connectivity index (χ3n) is 6.03. The molecule has 0 aliphatic carbocycles. The second-order valence-electron chi connectivity index (χ2n) is 8.26. The molecule has 1 saturated heterocycles. The van der Waals surface area contributed by atoms with Gasteiger partial charge in [0.1, 0.15) is 28.9 Å². The van der Waals surface area contributed by atoms with Gasteiger partial charge in [-0.2, -0.15) is 0 Å². The fraction of sp³-hybridized carbons (Fsp3) is 0.400. The number of aromatic hydroxyl groups is 1. The highest BCUT2D eigenvalue weighted by atomic mass is 35.5. The normalized spacial score (nSPS) is 18.1. The summed E-state index contributed by atoms with van der Waals surface area (Å²) >= 11 is 12.0. The minimum absolute atomic E-state index is 0.0682. The predicted octanol–water partition coefficient (Wildman–Crippen LogP) is 4.57. The smallest absolute Gasteiger partial charge is 0.302 e. The van der Waals surface area contributed by atoms with Crippen molar-refractivity contribution in [3.63, 3.8) is 0 Å². The largest absolute Gasteiger partial charge is 0.507 e. The Morgan fingerprint density at radius 3 is 2.40 bits per heavy atom. The highest BCUT2D eigenvalue weighted by Crippen LogP contribution is 2.47. The maximum Gasteiger partial charge on any atom is 0.302 e. The summed E-state index contributed by atoms with van der Waals surface area (Å²) in [4.78, 5) is 37.6. The average Bonchev–Trinajstić information content (AvgIpc) is 3.27. The number of esters is 1. The van der Waals surface area contributed by atoms with E-state index in [1.54, 1.807) is 6.92 Å². The Morgan fingerprint density at radius 1 is 1.11 bits per heavy atom. The van der Waals surface area contributed by atoms with Gasteiger partial charge in [-0.05, 0) is 38.1 Å². The van der Waals surface area contributed by atoms with Crippen LogP contribution in [0.3, 0.4) is 0 Å². The maximum absolute atomic E-state index is 13.3. The van der Waals surface area contributed by atoms with Gasteiger partial charge >= 0.3 is 5.97 Å². The highest BCUT2D eigenvalue weighted by molar-refractivity contribution is 6.37. The van der Waals surface area contributed by atoms with Crippen molar-refractivity contribution < 1.29 is 33.7 Å². The van der Waals surface area contributed by atoms with Crippen LogP contribution in [0.1, 0.15) is 58.9 Å². The van der Waals surface area contributed by atoms with Gasteiger partial charge in [0.05, 0.1) is 31.7 Å². The first kappa shape index (κ1) is 26.8. The van der Waals surface area contributed by atoms with Crippen LogP contribution in [0, 0.1) is 0 Å². The van der Waals surface area contributed by atoms with E-state index >= 15 is 0 Å². The van der Waals surface area contributed by atoms with Crippen molar-refractivity contribution >= 4 is 40.7 Å². The number of benzene rings is 2. The zero-order valence-electron chi connectivity index (χ0n) is 19.8. The van der Waals surface area contributed by atoms with Gasteiger partial charge in [-0.3, -0.25) is 14.4 Å². The van der Waals surface area contributed by atoms with Crippen molar-refractivity contribution in [3.05, 3.63) is 51.0 Å². The third kappa shape index (κ3) is 5.72. The van der Waals surface area contributed by atoms with Crippen LogP contribution >= 0.6 is 23.2 Å². The number of carbonyl (C=O) groups excluding carboxylic acids is 3. The lowest BCUT2D eigenvalue weighted by Crippen LogP contribution is -2.39. The lowest BCUT2D eigenvalue weighted by atomic mass is 9.85. The molecule has 8 nitrogen and oxygen atoms in total. The van der Waals surface area contributed by atoms with E-state index in [4.69, 9.17) is 37.4 Å². The van der Waals surface area contributed by atoms with E-state index in [2.05, 4.69) is 5.32 Å². The van der Waals surface area contributed by atoms with Crippen LogP contribution in [-0.4, -0.2) is 55.6 Å². The first-order valence-electron chi connectivity index (χ1n) is 11.0. The number of hydrogen-bond donors (Lipinski definition) is 2. The molecule has 0 aromatic heterocycles. The predicted molar refractivity (Wildman–Crippen MR) is 131 cm³/mol. The average molecular weight is 524 g/mol. The number of phenolic OH excluding ortho intramolecular Hbond substituents is 1. The Morgan fingerprint density at radius 2 is 1.80 bits per heavy atom. The number of phenols is 1. The number of Topliss-reactive ketones (excluding diaryl/α,β-unsaturated/α-hetero) is 2. The fourth-order valence-electron chi connectivity index (χ4n) is 4.52. The summed E-state index contributed by atoms with van der Waals surface area (Å²) in [7, 11) is 2.80. The number of ether oxygens (including phenoxy) is 3. The Bertz CT molecular complexity index is 1150. The molecule has 2 N–H and O–H groups in total. The Kier molecular flexibility index (Phi) is 8.64. The van der Waals surface area contributed by atoms with Crippen LogP contribution < -0.4 is 14.8 Å². The number of nitrogens with one attached hydrogen (secondary N) is 1. The number of rotatable bonds is 9. The van der Waals surface area contributed by atoms with Crippen molar-refractivity contribution in [1.29, 1.82) is 0 Å². The van der Waals surface area contributed by atoms with Crippen LogP contribution in [0.15, 0.2) is 24.3 Å². The van der Waals surface area contributed by atoms with Gasteiger partial charge < -0.3 is 24.6 Å². The van der Waals surface area contributed by atoms with Crippen molar-refractivity contribution in [3.8, 4) is 17.2 Å².